The minimum atomic E-state index is -0.0311. The molecular weight excluding hydrogens is 306 g/mol. The number of aromatic nitrogens is 1. The molecule has 0 radical (unpaired) electrons. The van der Waals surface area contributed by atoms with Gasteiger partial charge in [-0.2, -0.15) is 0 Å². The Labute approximate surface area is 120 Å². The Balaban J connectivity index is 2.18. The number of aryl methyl sites for hydroxylation is 1. The first-order valence-electron chi connectivity index (χ1n) is 5.75. The standard InChI is InChI=1S/C14H14BrN3O/c1-9-6-7-18-14(12(9)13(16)17)19-8-10-2-4-11(15)5-3-10/h2-7H,8H2,1H3,(H3,16,17). The fourth-order valence-electron chi connectivity index (χ4n) is 1.70. The molecule has 2 rings (SSSR count). The summed E-state index contributed by atoms with van der Waals surface area (Å²) in [6.45, 7) is 2.27. The Hall–Kier alpha value is -1.88. The van der Waals surface area contributed by atoms with E-state index in [1.165, 1.54) is 0 Å². The van der Waals surface area contributed by atoms with Crippen LogP contribution in [0.1, 0.15) is 16.7 Å². The van der Waals surface area contributed by atoms with E-state index in [1.807, 2.05) is 37.3 Å². The number of pyridine rings is 1. The van der Waals surface area contributed by atoms with Crippen LogP contribution in [0.3, 0.4) is 0 Å². The number of rotatable bonds is 4. The van der Waals surface area contributed by atoms with Crippen LogP contribution in [-0.2, 0) is 6.61 Å². The average molecular weight is 320 g/mol. The lowest BCUT2D eigenvalue weighted by Crippen LogP contribution is -2.15. The van der Waals surface area contributed by atoms with E-state index >= 15 is 0 Å². The first-order valence-corrected chi connectivity index (χ1v) is 6.54. The molecule has 1 aromatic carbocycles. The van der Waals surface area contributed by atoms with Gasteiger partial charge in [-0.15, -0.1) is 0 Å². The van der Waals surface area contributed by atoms with Crippen molar-refractivity contribution in [3.05, 3.63) is 57.7 Å². The Bertz CT molecular complexity index is 596. The van der Waals surface area contributed by atoms with Gasteiger partial charge in [0, 0.05) is 10.7 Å². The van der Waals surface area contributed by atoms with Crippen molar-refractivity contribution in [3.63, 3.8) is 0 Å². The van der Waals surface area contributed by atoms with E-state index in [2.05, 4.69) is 20.9 Å². The Morgan fingerprint density at radius 3 is 2.63 bits per heavy atom. The number of hydrogen-bond donors (Lipinski definition) is 2. The molecule has 0 aliphatic rings. The number of ether oxygens (including phenoxy) is 1. The van der Waals surface area contributed by atoms with Crippen molar-refractivity contribution in [1.82, 2.24) is 4.98 Å². The van der Waals surface area contributed by atoms with E-state index in [4.69, 9.17) is 15.9 Å². The summed E-state index contributed by atoms with van der Waals surface area (Å²) in [7, 11) is 0. The van der Waals surface area contributed by atoms with Gasteiger partial charge in [0.05, 0.1) is 5.56 Å². The smallest absolute Gasteiger partial charge is 0.225 e. The number of nitrogens with zero attached hydrogens (tertiary/aromatic N) is 1. The van der Waals surface area contributed by atoms with E-state index < -0.39 is 0 Å². The van der Waals surface area contributed by atoms with Crippen molar-refractivity contribution in [2.45, 2.75) is 13.5 Å². The number of amidine groups is 1. The highest BCUT2D eigenvalue weighted by Gasteiger charge is 2.11. The third-order valence-corrected chi connectivity index (χ3v) is 3.21. The van der Waals surface area contributed by atoms with E-state index in [-0.39, 0.29) is 5.84 Å². The van der Waals surface area contributed by atoms with Gasteiger partial charge in [-0.05, 0) is 36.2 Å². The van der Waals surface area contributed by atoms with Gasteiger partial charge in [0.2, 0.25) is 5.88 Å². The molecule has 0 saturated carbocycles. The predicted molar refractivity (Wildman–Crippen MR) is 78.5 cm³/mol. The monoisotopic (exact) mass is 319 g/mol. The van der Waals surface area contributed by atoms with Crippen LogP contribution in [0.4, 0.5) is 0 Å². The maximum Gasteiger partial charge on any atom is 0.225 e. The van der Waals surface area contributed by atoms with Gasteiger partial charge in [0.15, 0.2) is 0 Å². The molecule has 0 aliphatic heterocycles. The minimum absolute atomic E-state index is 0.0311. The summed E-state index contributed by atoms with van der Waals surface area (Å²) in [5.74, 6) is 0.367. The summed E-state index contributed by atoms with van der Waals surface area (Å²) in [4.78, 5) is 4.14. The fourth-order valence-corrected chi connectivity index (χ4v) is 1.97. The molecule has 4 nitrogen and oxygen atoms in total. The molecule has 0 spiro atoms. The van der Waals surface area contributed by atoms with Crippen molar-refractivity contribution in [3.8, 4) is 5.88 Å². The highest BCUT2D eigenvalue weighted by Crippen LogP contribution is 2.20. The number of hydrogen-bond acceptors (Lipinski definition) is 3. The summed E-state index contributed by atoms with van der Waals surface area (Å²) in [6, 6.07) is 9.65. The Morgan fingerprint density at radius 2 is 2.00 bits per heavy atom. The van der Waals surface area contributed by atoms with Crippen LogP contribution in [-0.4, -0.2) is 10.8 Å². The zero-order chi connectivity index (χ0) is 13.8. The second-order valence-electron chi connectivity index (χ2n) is 4.14. The van der Waals surface area contributed by atoms with Crippen LogP contribution in [0.15, 0.2) is 41.0 Å². The average Bonchev–Trinajstić information content (AvgIpc) is 2.37. The molecule has 0 aliphatic carbocycles. The van der Waals surface area contributed by atoms with E-state index in [9.17, 15) is 0 Å². The molecule has 1 heterocycles. The number of nitrogens with one attached hydrogen (secondary N) is 1. The molecule has 98 valence electrons. The van der Waals surface area contributed by atoms with Crippen molar-refractivity contribution in [2.75, 3.05) is 0 Å². The lowest BCUT2D eigenvalue weighted by Gasteiger charge is -2.11. The minimum Gasteiger partial charge on any atom is -0.472 e. The van der Waals surface area contributed by atoms with Gasteiger partial charge in [0.25, 0.3) is 0 Å². The highest BCUT2D eigenvalue weighted by molar-refractivity contribution is 9.10. The maximum atomic E-state index is 7.58. The van der Waals surface area contributed by atoms with E-state index in [0.29, 0.717) is 18.1 Å². The van der Waals surface area contributed by atoms with Crippen LogP contribution in [0, 0.1) is 12.3 Å². The molecule has 2 aromatic rings. The lowest BCUT2D eigenvalue weighted by molar-refractivity contribution is 0.293. The molecule has 5 heteroatoms. The molecule has 1 aromatic heterocycles. The quantitative estimate of drug-likeness (QED) is 0.672. The van der Waals surface area contributed by atoms with Crippen molar-refractivity contribution < 1.29 is 4.74 Å². The van der Waals surface area contributed by atoms with Gasteiger partial charge < -0.3 is 10.5 Å². The molecule has 0 bridgehead atoms. The summed E-state index contributed by atoms with van der Waals surface area (Å²) in [5.41, 5.74) is 8.03. The van der Waals surface area contributed by atoms with Gasteiger partial charge in [0.1, 0.15) is 12.4 Å². The Kier molecular flexibility index (Phi) is 4.16. The van der Waals surface area contributed by atoms with E-state index in [1.54, 1.807) is 6.20 Å². The molecular formula is C14H14BrN3O. The molecule has 3 N–H and O–H groups in total. The number of nitrogen functional groups attached to an aromatic ring is 1. The molecule has 0 atom stereocenters. The topological polar surface area (TPSA) is 72.0 Å². The largest absolute Gasteiger partial charge is 0.472 e. The first kappa shape index (κ1) is 13.5. The number of benzene rings is 1. The second-order valence-corrected chi connectivity index (χ2v) is 5.05. The highest BCUT2D eigenvalue weighted by atomic mass is 79.9. The first-order chi connectivity index (χ1) is 9.08. The second kappa shape index (κ2) is 5.84. The normalized spacial score (nSPS) is 10.2. The number of nitrogens with two attached hydrogens (primary N) is 1. The third-order valence-electron chi connectivity index (χ3n) is 2.68. The Morgan fingerprint density at radius 1 is 1.32 bits per heavy atom. The van der Waals surface area contributed by atoms with Crippen LogP contribution in [0.2, 0.25) is 0 Å². The third kappa shape index (κ3) is 3.32. The fraction of sp³-hybridized carbons (Fsp3) is 0.143. The summed E-state index contributed by atoms with van der Waals surface area (Å²) in [6.07, 6.45) is 1.65. The zero-order valence-corrected chi connectivity index (χ0v) is 12.1. The van der Waals surface area contributed by atoms with Crippen LogP contribution >= 0.6 is 15.9 Å². The molecule has 0 amide bonds. The van der Waals surface area contributed by atoms with Gasteiger partial charge >= 0.3 is 0 Å². The SMILES string of the molecule is Cc1ccnc(OCc2ccc(Br)cc2)c1C(=N)N. The molecule has 0 unspecified atom stereocenters. The lowest BCUT2D eigenvalue weighted by atomic mass is 10.1. The van der Waals surface area contributed by atoms with Crippen molar-refractivity contribution >= 4 is 21.8 Å². The molecule has 0 fully saturated rings. The van der Waals surface area contributed by atoms with Gasteiger partial charge in [-0.3, -0.25) is 5.41 Å². The van der Waals surface area contributed by atoms with Crippen LogP contribution < -0.4 is 10.5 Å². The summed E-state index contributed by atoms with van der Waals surface area (Å²) >= 11 is 3.38. The van der Waals surface area contributed by atoms with Crippen molar-refractivity contribution in [1.29, 1.82) is 5.41 Å². The van der Waals surface area contributed by atoms with Gasteiger partial charge in [-0.25, -0.2) is 4.98 Å². The van der Waals surface area contributed by atoms with E-state index in [0.717, 1.165) is 15.6 Å². The molecule has 0 saturated heterocycles. The predicted octanol–water partition coefficient (Wildman–Crippen LogP) is 3.02. The van der Waals surface area contributed by atoms with Crippen LogP contribution in [0.5, 0.6) is 5.88 Å². The van der Waals surface area contributed by atoms with Gasteiger partial charge in [-0.1, -0.05) is 28.1 Å². The summed E-state index contributed by atoms with van der Waals surface area (Å²) < 4.78 is 6.68. The van der Waals surface area contributed by atoms with Crippen molar-refractivity contribution in [2.24, 2.45) is 5.73 Å². The maximum absolute atomic E-state index is 7.58. The summed E-state index contributed by atoms with van der Waals surface area (Å²) in [5, 5.41) is 7.58. The zero-order valence-electron chi connectivity index (χ0n) is 10.5. The van der Waals surface area contributed by atoms with Crippen LogP contribution in [0.25, 0.3) is 0 Å². The molecule has 19 heavy (non-hydrogen) atoms. The number of halogens is 1.